The third-order valence-corrected chi connectivity index (χ3v) is 4.15. The summed E-state index contributed by atoms with van der Waals surface area (Å²) < 4.78 is 5.76. The van der Waals surface area contributed by atoms with Gasteiger partial charge in [0.1, 0.15) is 17.8 Å². The second-order valence-electron chi connectivity index (χ2n) is 5.72. The van der Waals surface area contributed by atoms with Crippen molar-refractivity contribution in [2.75, 3.05) is 11.1 Å². The van der Waals surface area contributed by atoms with Crippen molar-refractivity contribution in [3.63, 3.8) is 0 Å². The molecule has 0 saturated carbocycles. The van der Waals surface area contributed by atoms with Crippen LogP contribution in [0.5, 0.6) is 11.6 Å². The van der Waals surface area contributed by atoms with Gasteiger partial charge in [-0.15, -0.1) is 0 Å². The molecule has 0 spiro atoms. The predicted octanol–water partition coefficient (Wildman–Crippen LogP) is 4.76. The fourth-order valence-electron chi connectivity index (χ4n) is 2.31. The molecule has 0 radical (unpaired) electrons. The number of ether oxygens (including phenoxy) is 1. The minimum atomic E-state index is -0.0218. The molecule has 0 saturated heterocycles. The van der Waals surface area contributed by atoms with Gasteiger partial charge in [0.25, 0.3) is 0 Å². The van der Waals surface area contributed by atoms with Crippen molar-refractivity contribution in [2.45, 2.75) is 13.8 Å². The zero-order valence-electron chi connectivity index (χ0n) is 14.3. The second kappa shape index (κ2) is 7.41. The summed E-state index contributed by atoms with van der Waals surface area (Å²) in [4.78, 5) is 19.8. The van der Waals surface area contributed by atoms with Gasteiger partial charge in [0, 0.05) is 16.3 Å². The quantitative estimate of drug-likeness (QED) is 0.631. The highest BCUT2D eigenvalue weighted by molar-refractivity contribution is 6.31. The van der Waals surface area contributed by atoms with E-state index in [1.807, 2.05) is 13.0 Å². The number of nitrogen functional groups attached to an aromatic ring is 1. The van der Waals surface area contributed by atoms with Crippen LogP contribution >= 0.6 is 11.6 Å². The van der Waals surface area contributed by atoms with Crippen LogP contribution in [0.15, 0.2) is 48.8 Å². The largest absolute Gasteiger partial charge is 0.437 e. The molecule has 0 aliphatic heterocycles. The second-order valence-corrected chi connectivity index (χ2v) is 6.12. The maximum atomic E-state index is 11.5. The number of rotatable bonds is 5. The molecular weight excluding hydrogens is 352 g/mol. The number of nitrogens with two attached hydrogens (primary N) is 1. The average Bonchev–Trinajstić information content (AvgIpc) is 2.62. The monoisotopic (exact) mass is 368 g/mol. The van der Waals surface area contributed by atoms with Gasteiger partial charge in [-0.3, -0.25) is 4.79 Å². The molecule has 3 aromatic rings. The molecule has 3 N–H and O–H groups in total. The molecule has 0 aliphatic rings. The van der Waals surface area contributed by atoms with Gasteiger partial charge in [-0.1, -0.05) is 23.7 Å². The minimum absolute atomic E-state index is 0.0218. The molecule has 1 heterocycles. The van der Waals surface area contributed by atoms with Crippen molar-refractivity contribution < 1.29 is 9.53 Å². The zero-order valence-corrected chi connectivity index (χ0v) is 15.0. The SMILES string of the molecule is CC(=O)c1cccc(Nc2ncnc(Oc3ccc(Cl)c(C)c3)c2N)c1. The maximum absolute atomic E-state index is 11.5. The third kappa shape index (κ3) is 3.92. The van der Waals surface area contributed by atoms with Crippen molar-refractivity contribution in [1.29, 1.82) is 0 Å². The molecule has 0 atom stereocenters. The summed E-state index contributed by atoms with van der Waals surface area (Å²) >= 11 is 6.03. The number of halogens is 1. The molecule has 0 aliphatic carbocycles. The summed E-state index contributed by atoms with van der Waals surface area (Å²) in [5, 5.41) is 3.74. The number of aryl methyl sites for hydroxylation is 1. The van der Waals surface area contributed by atoms with Crippen molar-refractivity contribution >= 4 is 34.6 Å². The van der Waals surface area contributed by atoms with Crippen LogP contribution in [0.3, 0.4) is 0 Å². The normalized spacial score (nSPS) is 10.4. The fraction of sp³-hybridized carbons (Fsp3) is 0.105. The summed E-state index contributed by atoms with van der Waals surface area (Å²) in [7, 11) is 0. The number of hydrogen-bond donors (Lipinski definition) is 2. The van der Waals surface area contributed by atoms with Crippen molar-refractivity contribution in [3.05, 3.63) is 64.9 Å². The van der Waals surface area contributed by atoms with Crippen LogP contribution in [0.25, 0.3) is 0 Å². The first-order chi connectivity index (χ1) is 12.4. The van der Waals surface area contributed by atoms with Gasteiger partial charge in [-0.2, -0.15) is 4.98 Å². The van der Waals surface area contributed by atoms with Crippen LogP contribution < -0.4 is 15.8 Å². The molecule has 0 fully saturated rings. The van der Waals surface area contributed by atoms with Gasteiger partial charge in [0.05, 0.1) is 0 Å². The van der Waals surface area contributed by atoms with E-state index in [-0.39, 0.29) is 17.4 Å². The average molecular weight is 369 g/mol. The van der Waals surface area contributed by atoms with Gasteiger partial charge in [-0.25, -0.2) is 4.98 Å². The standard InChI is InChI=1S/C19H17ClN4O2/c1-11-8-15(6-7-16(11)20)26-19-17(21)18(22-10-23-19)24-14-5-3-4-13(9-14)12(2)25/h3-10H,21H2,1-2H3,(H,22,23,24). The van der Waals surface area contributed by atoms with E-state index in [4.69, 9.17) is 22.1 Å². The Morgan fingerprint density at radius 2 is 2.00 bits per heavy atom. The summed E-state index contributed by atoms with van der Waals surface area (Å²) in [6, 6.07) is 12.4. The van der Waals surface area contributed by atoms with Crippen LogP contribution in [-0.2, 0) is 0 Å². The predicted molar refractivity (Wildman–Crippen MR) is 102 cm³/mol. The van der Waals surface area contributed by atoms with Crippen LogP contribution in [0.2, 0.25) is 5.02 Å². The van der Waals surface area contributed by atoms with E-state index in [0.29, 0.717) is 27.8 Å². The van der Waals surface area contributed by atoms with Crippen LogP contribution in [0.4, 0.5) is 17.2 Å². The smallest absolute Gasteiger partial charge is 0.248 e. The van der Waals surface area contributed by atoms with Crippen molar-refractivity contribution in [1.82, 2.24) is 9.97 Å². The van der Waals surface area contributed by atoms with Gasteiger partial charge in [-0.05, 0) is 49.7 Å². The Labute approximate surface area is 156 Å². The number of nitrogens with zero attached hydrogens (tertiary/aromatic N) is 2. The molecule has 0 unspecified atom stereocenters. The lowest BCUT2D eigenvalue weighted by molar-refractivity contribution is 0.101. The molecule has 7 heteroatoms. The minimum Gasteiger partial charge on any atom is -0.437 e. The number of benzene rings is 2. The lowest BCUT2D eigenvalue weighted by atomic mass is 10.1. The van der Waals surface area contributed by atoms with Gasteiger partial charge >= 0.3 is 0 Å². The van der Waals surface area contributed by atoms with Crippen LogP contribution in [0.1, 0.15) is 22.8 Å². The molecule has 26 heavy (non-hydrogen) atoms. The maximum Gasteiger partial charge on any atom is 0.248 e. The number of hydrogen-bond acceptors (Lipinski definition) is 6. The Bertz CT molecular complexity index is 976. The van der Waals surface area contributed by atoms with Gasteiger partial charge in [0.2, 0.25) is 5.88 Å². The Hall–Kier alpha value is -3.12. The van der Waals surface area contributed by atoms with Crippen molar-refractivity contribution in [3.8, 4) is 11.6 Å². The number of nitrogens with one attached hydrogen (secondary N) is 1. The lowest BCUT2D eigenvalue weighted by Crippen LogP contribution is -2.03. The molecule has 6 nitrogen and oxygen atoms in total. The number of Topliss-reactive ketones (excluding diaryl/α,β-unsaturated/α-hetero) is 1. The van der Waals surface area contributed by atoms with E-state index in [1.165, 1.54) is 13.3 Å². The number of carbonyl (C=O) groups is 1. The number of anilines is 3. The molecule has 132 valence electrons. The Kier molecular flexibility index (Phi) is 5.04. The topological polar surface area (TPSA) is 90.1 Å². The summed E-state index contributed by atoms with van der Waals surface area (Å²) in [6.07, 6.45) is 1.35. The molecule has 2 aromatic carbocycles. The molecule has 0 amide bonds. The highest BCUT2D eigenvalue weighted by Crippen LogP contribution is 2.32. The zero-order chi connectivity index (χ0) is 18.7. The Balaban J connectivity index is 1.86. The first-order valence-corrected chi connectivity index (χ1v) is 8.24. The van der Waals surface area contributed by atoms with E-state index < -0.39 is 0 Å². The van der Waals surface area contributed by atoms with E-state index in [2.05, 4.69) is 15.3 Å². The molecule has 1 aromatic heterocycles. The van der Waals surface area contributed by atoms with E-state index in [9.17, 15) is 4.79 Å². The molecular formula is C19H17ClN4O2. The molecule has 3 rings (SSSR count). The van der Waals surface area contributed by atoms with Gasteiger partial charge < -0.3 is 15.8 Å². The Morgan fingerprint density at radius 1 is 1.19 bits per heavy atom. The fourth-order valence-corrected chi connectivity index (χ4v) is 2.42. The highest BCUT2D eigenvalue weighted by atomic mass is 35.5. The van der Waals surface area contributed by atoms with Gasteiger partial charge in [0.15, 0.2) is 11.6 Å². The van der Waals surface area contributed by atoms with Crippen molar-refractivity contribution in [2.24, 2.45) is 0 Å². The van der Waals surface area contributed by atoms with E-state index >= 15 is 0 Å². The first kappa shape index (κ1) is 17.7. The van der Waals surface area contributed by atoms with Crippen LogP contribution in [0, 0.1) is 6.92 Å². The first-order valence-electron chi connectivity index (χ1n) is 7.86. The lowest BCUT2D eigenvalue weighted by Gasteiger charge is -2.12. The number of aromatic nitrogens is 2. The van der Waals surface area contributed by atoms with E-state index in [1.54, 1.807) is 36.4 Å². The number of carbonyl (C=O) groups excluding carboxylic acids is 1. The molecule has 0 bridgehead atoms. The summed E-state index contributed by atoms with van der Waals surface area (Å²) in [5.74, 6) is 1.17. The highest BCUT2D eigenvalue weighted by Gasteiger charge is 2.12. The van der Waals surface area contributed by atoms with E-state index in [0.717, 1.165) is 5.56 Å². The number of ketones is 1. The van der Waals surface area contributed by atoms with Crippen LogP contribution in [-0.4, -0.2) is 15.8 Å². The summed E-state index contributed by atoms with van der Waals surface area (Å²) in [6.45, 7) is 3.39. The Morgan fingerprint density at radius 3 is 2.73 bits per heavy atom. The summed E-state index contributed by atoms with van der Waals surface area (Å²) in [5.41, 5.74) is 8.57. The third-order valence-electron chi connectivity index (χ3n) is 3.72.